The van der Waals surface area contributed by atoms with Crippen LogP contribution < -0.4 is 5.32 Å². The number of nitrogens with one attached hydrogen (secondary N) is 1. The number of aromatic nitrogens is 1. The number of hydrogen-bond donors (Lipinski definition) is 1. The van der Waals surface area contributed by atoms with Gasteiger partial charge >= 0.3 is 0 Å². The average molecular weight is 292 g/mol. The van der Waals surface area contributed by atoms with Crippen LogP contribution in [0.5, 0.6) is 0 Å². The highest BCUT2D eigenvalue weighted by Crippen LogP contribution is 2.29. The molecule has 1 N–H and O–H groups in total. The zero-order valence-electron chi connectivity index (χ0n) is 12.5. The van der Waals surface area contributed by atoms with Crippen LogP contribution in [0.3, 0.4) is 0 Å². The minimum Gasteiger partial charge on any atom is -0.459 e. The van der Waals surface area contributed by atoms with E-state index in [-0.39, 0.29) is 11.4 Å². The molecule has 0 aromatic carbocycles. The molecule has 2 heterocycles. The van der Waals surface area contributed by atoms with E-state index in [1.165, 1.54) is 11.3 Å². The fourth-order valence-corrected chi connectivity index (χ4v) is 2.64. The van der Waals surface area contributed by atoms with Crippen LogP contribution >= 0.6 is 11.3 Å². The van der Waals surface area contributed by atoms with E-state index in [2.05, 4.69) is 17.2 Å². The molecule has 4 nitrogen and oxygen atoms in total. The maximum atomic E-state index is 12.3. The predicted molar refractivity (Wildman–Crippen MR) is 81.1 cm³/mol. The van der Waals surface area contributed by atoms with Crippen molar-refractivity contribution in [3.63, 3.8) is 0 Å². The second kappa shape index (κ2) is 5.40. The van der Waals surface area contributed by atoms with Gasteiger partial charge in [-0.15, -0.1) is 11.3 Å². The van der Waals surface area contributed by atoms with Gasteiger partial charge in [0, 0.05) is 5.54 Å². The van der Waals surface area contributed by atoms with Gasteiger partial charge in [-0.2, -0.15) is 0 Å². The Morgan fingerprint density at radius 3 is 2.65 bits per heavy atom. The first kappa shape index (κ1) is 14.8. The maximum absolute atomic E-state index is 12.3. The normalized spacial score (nSPS) is 11.7. The maximum Gasteiger partial charge on any atom is 0.263 e. The molecule has 0 aliphatic heterocycles. The lowest BCUT2D eigenvalue weighted by molar-refractivity contribution is 0.0914. The van der Waals surface area contributed by atoms with Crippen molar-refractivity contribution in [3.05, 3.63) is 28.5 Å². The summed E-state index contributed by atoms with van der Waals surface area (Å²) in [5, 5.41) is 3.78. The van der Waals surface area contributed by atoms with Gasteiger partial charge in [-0.3, -0.25) is 4.79 Å². The number of aryl methyl sites for hydroxylation is 2. The highest BCUT2D eigenvalue weighted by atomic mass is 32.1. The third-order valence-corrected chi connectivity index (χ3v) is 4.46. The number of carbonyl (C=O) groups is 1. The molecule has 1 amide bonds. The quantitative estimate of drug-likeness (QED) is 0.928. The molecular weight excluding hydrogens is 272 g/mol. The van der Waals surface area contributed by atoms with Gasteiger partial charge in [-0.1, -0.05) is 6.92 Å². The fourth-order valence-electron chi connectivity index (χ4n) is 1.71. The number of furan rings is 1. The average Bonchev–Trinajstić information content (AvgIpc) is 2.95. The Kier molecular flexibility index (Phi) is 3.99. The van der Waals surface area contributed by atoms with Gasteiger partial charge in [0.15, 0.2) is 10.8 Å². The zero-order chi connectivity index (χ0) is 14.9. The van der Waals surface area contributed by atoms with Crippen molar-refractivity contribution in [2.24, 2.45) is 0 Å². The van der Waals surface area contributed by atoms with Crippen LogP contribution in [0.1, 0.15) is 48.3 Å². The molecule has 2 aromatic rings. The zero-order valence-corrected chi connectivity index (χ0v) is 13.4. The SMILES string of the molecule is CCC(C)(C)NC(=O)c1sc(-c2ccc(C)o2)nc1C. The minimum atomic E-state index is -0.213. The van der Waals surface area contributed by atoms with E-state index in [0.717, 1.165) is 22.9 Å². The highest BCUT2D eigenvalue weighted by molar-refractivity contribution is 7.17. The standard InChI is InChI=1S/C15H20N2O2S/c1-6-15(4,5)17-13(18)12-10(3)16-14(20-12)11-8-7-9(2)19-11/h7-8H,6H2,1-5H3,(H,17,18). The summed E-state index contributed by atoms with van der Waals surface area (Å²) in [7, 11) is 0. The molecule has 0 saturated heterocycles. The largest absolute Gasteiger partial charge is 0.459 e. The number of thiazole rings is 1. The van der Waals surface area contributed by atoms with Crippen LogP contribution in [-0.4, -0.2) is 16.4 Å². The van der Waals surface area contributed by atoms with Gasteiger partial charge in [0.2, 0.25) is 0 Å². The minimum absolute atomic E-state index is 0.0682. The topological polar surface area (TPSA) is 55.1 Å². The Hall–Kier alpha value is -1.62. The second-order valence-electron chi connectivity index (χ2n) is 5.54. The molecule has 0 spiro atoms. The molecule has 0 aliphatic carbocycles. The Morgan fingerprint density at radius 1 is 1.40 bits per heavy atom. The number of rotatable bonds is 4. The van der Waals surface area contributed by atoms with Crippen LogP contribution in [0.25, 0.3) is 10.8 Å². The van der Waals surface area contributed by atoms with Crippen molar-refractivity contribution in [3.8, 4) is 10.8 Å². The van der Waals surface area contributed by atoms with Gasteiger partial charge in [0.1, 0.15) is 10.6 Å². The molecule has 2 aromatic heterocycles. The van der Waals surface area contributed by atoms with E-state index in [1.54, 1.807) is 0 Å². The molecule has 0 atom stereocenters. The Balaban J connectivity index is 2.26. The number of amides is 1. The summed E-state index contributed by atoms with van der Waals surface area (Å²) in [6, 6.07) is 3.78. The molecule has 20 heavy (non-hydrogen) atoms. The smallest absolute Gasteiger partial charge is 0.263 e. The first-order chi connectivity index (χ1) is 9.32. The first-order valence-corrected chi connectivity index (χ1v) is 7.51. The van der Waals surface area contributed by atoms with E-state index < -0.39 is 0 Å². The van der Waals surface area contributed by atoms with Gasteiger partial charge in [0.25, 0.3) is 5.91 Å². The number of hydrogen-bond acceptors (Lipinski definition) is 4. The second-order valence-corrected chi connectivity index (χ2v) is 6.53. The van der Waals surface area contributed by atoms with E-state index in [0.29, 0.717) is 10.6 Å². The number of nitrogens with zero attached hydrogens (tertiary/aromatic N) is 1. The predicted octanol–water partition coefficient (Wildman–Crippen LogP) is 3.94. The molecule has 108 valence electrons. The summed E-state index contributed by atoms with van der Waals surface area (Å²) < 4.78 is 5.56. The summed E-state index contributed by atoms with van der Waals surface area (Å²) in [6.45, 7) is 9.82. The van der Waals surface area contributed by atoms with Crippen LogP contribution in [0, 0.1) is 13.8 Å². The summed E-state index contributed by atoms with van der Waals surface area (Å²) >= 11 is 1.37. The Labute approximate surface area is 123 Å². The van der Waals surface area contributed by atoms with E-state index in [9.17, 15) is 4.79 Å². The summed E-state index contributed by atoms with van der Waals surface area (Å²) in [5.41, 5.74) is 0.526. The third kappa shape index (κ3) is 3.10. The van der Waals surface area contributed by atoms with Crippen molar-refractivity contribution in [2.45, 2.75) is 46.6 Å². The Bertz CT molecular complexity index is 626. The molecular formula is C15H20N2O2S. The molecule has 0 fully saturated rings. The lowest BCUT2D eigenvalue weighted by Crippen LogP contribution is -2.42. The lowest BCUT2D eigenvalue weighted by atomic mass is 10.0. The van der Waals surface area contributed by atoms with E-state index in [4.69, 9.17) is 4.42 Å². The van der Waals surface area contributed by atoms with Crippen molar-refractivity contribution < 1.29 is 9.21 Å². The van der Waals surface area contributed by atoms with Gasteiger partial charge < -0.3 is 9.73 Å². The van der Waals surface area contributed by atoms with E-state index in [1.807, 2.05) is 39.8 Å². The van der Waals surface area contributed by atoms with Crippen molar-refractivity contribution in [1.29, 1.82) is 0 Å². The van der Waals surface area contributed by atoms with Gasteiger partial charge in [-0.05, 0) is 46.2 Å². The molecule has 0 unspecified atom stereocenters. The molecule has 5 heteroatoms. The third-order valence-electron chi connectivity index (χ3n) is 3.29. The summed E-state index contributed by atoms with van der Waals surface area (Å²) in [5.74, 6) is 1.48. The number of carbonyl (C=O) groups excluding carboxylic acids is 1. The summed E-state index contributed by atoms with van der Waals surface area (Å²) in [4.78, 5) is 17.4. The van der Waals surface area contributed by atoms with Crippen LogP contribution in [-0.2, 0) is 0 Å². The van der Waals surface area contributed by atoms with Crippen LogP contribution in [0.2, 0.25) is 0 Å². The van der Waals surface area contributed by atoms with Crippen molar-refractivity contribution in [2.75, 3.05) is 0 Å². The first-order valence-electron chi connectivity index (χ1n) is 6.69. The van der Waals surface area contributed by atoms with Crippen molar-refractivity contribution >= 4 is 17.2 Å². The van der Waals surface area contributed by atoms with Gasteiger partial charge in [0.05, 0.1) is 5.69 Å². The Morgan fingerprint density at radius 2 is 2.10 bits per heavy atom. The van der Waals surface area contributed by atoms with Gasteiger partial charge in [-0.25, -0.2) is 4.98 Å². The van der Waals surface area contributed by atoms with E-state index >= 15 is 0 Å². The molecule has 0 bridgehead atoms. The van der Waals surface area contributed by atoms with Crippen LogP contribution in [0.4, 0.5) is 0 Å². The van der Waals surface area contributed by atoms with Crippen LogP contribution in [0.15, 0.2) is 16.5 Å². The molecule has 2 rings (SSSR count). The monoisotopic (exact) mass is 292 g/mol. The molecule has 0 radical (unpaired) electrons. The highest BCUT2D eigenvalue weighted by Gasteiger charge is 2.23. The van der Waals surface area contributed by atoms with Crippen molar-refractivity contribution in [1.82, 2.24) is 10.3 Å². The molecule has 0 saturated carbocycles. The summed E-state index contributed by atoms with van der Waals surface area (Å²) in [6.07, 6.45) is 0.876. The fraction of sp³-hybridized carbons (Fsp3) is 0.467. The lowest BCUT2D eigenvalue weighted by Gasteiger charge is -2.24. The molecule has 0 aliphatic rings.